The zero-order chi connectivity index (χ0) is 24.9. The number of ether oxygens (including phenoxy) is 1. The van der Waals surface area contributed by atoms with E-state index >= 15 is 0 Å². The van der Waals surface area contributed by atoms with Gasteiger partial charge in [-0.25, -0.2) is 14.2 Å². The third-order valence-corrected chi connectivity index (χ3v) is 6.98. The lowest BCUT2D eigenvalue weighted by atomic mass is 9.79. The molecule has 1 fully saturated rings. The number of halogens is 2. The molecule has 188 valence electrons. The Hall–Kier alpha value is -2.78. The van der Waals surface area contributed by atoms with Crippen LogP contribution in [0.3, 0.4) is 0 Å². The Morgan fingerprint density at radius 1 is 1.37 bits per heavy atom. The zero-order valence-corrected chi connectivity index (χ0v) is 20.4. The van der Waals surface area contributed by atoms with Crippen molar-refractivity contribution in [3.05, 3.63) is 51.7 Å². The van der Waals surface area contributed by atoms with Crippen molar-refractivity contribution in [3.63, 3.8) is 0 Å². The first-order chi connectivity index (χ1) is 16.8. The number of amides is 1. The normalized spacial score (nSPS) is 19.7. The fourth-order valence-electron chi connectivity index (χ4n) is 4.52. The van der Waals surface area contributed by atoms with Crippen molar-refractivity contribution in [2.24, 2.45) is 5.92 Å². The molecule has 0 spiro atoms. The van der Waals surface area contributed by atoms with Gasteiger partial charge in [0.05, 0.1) is 22.4 Å². The van der Waals surface area contributed by atoms with Gasteiger partial charge in [0, 0.05) is 31.5 Å². The molecule has 3 N–H and O–H groups in total. The van der Waals surface area contributed by atoms with Gasteiger partial charge in [-0.15, -0.1) is 0 Å². The van der Waals surface area contributed by atoms with E-state index in [2.05, 4.69) is 27.8 Å². The summed E-state index contributed by atoms with van der Waals surface area (Å²) in [6, 6.07) is 3.07. The molecule has 1 saturated carbocycles. The van der Waals surface area contributed by atoms with Crippen LogP contribution in [0.25, 0.3) is 0 Å². The monoisotopic (exact) mass is 504 g/mol. The number of anilines is 1. The van der Waals surface area contributed by atoms with Crippen LogP contribution in [0.4, 0.5) is 10.2 Å². The second-order valence-corrected chi connectivity index (χ2v) is 9.65. The van der Waals surface area contributed by atoms with E-state index in [1.807, 2.05) is 0 Å². The maximum atomic E-state index is 14.3. The maximum absolute atomic E-state index is 14.3. The molecule has 1 atom stereocenters. The minimum atomic E-state index is -1.22. The Kier molecular flexibility index (Phi) is 8.18. The highest BCUT2D eigenvalue weighted by Crippen LogP contribution is 2.34. The number of carboxylic acids is 1. The lowest BCUT2D eigenvalue weighted by Crippen LogP contribution is -2.42. The minimum Gasteiger partial charge on any atom is -0.480 e. The summed E-state index contributed by atoms with van der Waals surface area (Å²) in [5.41, 5.74) is 1.99. The van der Waals surface area contributed by atoms with Gasteiger partial charge in [-0.1, -0.05) is 17.7 Å². The molecule has 4 rings (SSSR count). The zero-order valence-electron chi connectivity index (χ0n) is 19.7. The van der Waals surface area contributed by atoms with E-state index in [-0.39, 0.29) is 29.8 Å². The number of aromatic nitrogens is 2. The minimum absolute atomic E-state index is 0.00775. The predicted molar refractivity (Wildman–Crippen MR) is 129 cm³/mol. The van der Waals surface area contributed by atoms with E-state index in [4.69, 9.17) is 21.3 Å². The Morgan fingerprint density at radius 2 is 2.17 bits per heavy atom. The third kappa shape index (κ3) is 6.27. The summed E-state index contributed by atoms with van der Waals surface area (Å²) in [7, 11) is 0. The van der Waals surface area contributed by atoms with E-state index < -0.39 is 29.3 Å². The summed E-state index contributed by atoms with van der Waals surface area (Å²) in [6.45, 7) is 2.56. The number of aliphatic carboxylic acids is 1. The van der Waals surface area contributed by atoms with Gasteiger partial charge in [-0.3, -0.25) is 9.78 Å². The number of carbonyl (C=O) groups is 2. The number of carboxylic acid groups (broad SMARTS) is 1. The summed E-state index contributed by atoms with van der Waals surface area (Å²) < 4.78 is 20.1. The van der Waals surface area contributed by atoms with Crippen LogP contribution in [-0.2, 0) is 22.4 Å². The van der Waals surface area contributed by atoms with Gasteiger partial charge in [-0.2, -0.15) is 0 Å². The average molecular weight is 505 g/mol. The molecule has 1 aliphatic heterocycles. The molecule has 3 heterocycles. The van der Waals surface area contributed by atoms with Crippen molar-refractivity contribution in [2.45, 2.75) is 64.0 Å². The van der Waals surface area contributed by atoms with E-state index in [1.165, 1.54) is 18.7 Å². The maximum Gasteiger partial charge on any atom is 0.326 e. The largest absolute Gasteiger partial charge is 0.480 e. The summed E-state index contributed by atoms with van der Waals surface area (Å²) in [4.78, 5) is 32.5. The number of fused-ring (bicyclic) bond motifs is 1. The molecule has 35 heavy (non-hydrogen) atoms. The SMILES string of the molecule is Cc1ncc(Cl)c(C(=O)NC(CCOC2CC(CCc3ccc4c(n3)NCCC4)C2)C(=O)O)c1F. The molecule has 8 nitrogen and oxygen atoms in total. The predicted octanol–water partition coefficient (Wildman–Crippen LogP) is 3.94. The fraction of sp³-hybridized carbons (Fsp3) is 0.520. The lowest BCUT2D eigenvalue weighted by Gasteiger charge is -2.35. The average Bonchev–Trinajstić information content (AvgIpc) is 2.81. The molecule has 2 aliphatic rings. The van der Waals surface area contributed by atoms with Crippen LogP contribution < -0.4 is 10.6 Å². The Balaban J connectivity index is 1.18. The first kappa shape index (κ1) is 25.3. The van der Waals surface area contributed by atoms with Gasteiger partial charge in [0.1, 0.15) is 11.9 Å². The van der Waals surface area contributed by atoms with E-state index in [9.17, 15) is 19.1 Å². The quantitative estimate of drug-likeness (QED) is 0.449. The van der Waals surface area contributed by atoms with Gasteiger partial charge in [0.2, 0.25) is 0 Å². The first-order valence-electron chi connectivity index (χ1n) is 12.0. The van der Waals surface area contributed by atoms with Crippen molar-refractivity contribution >= 4 is 29.3 Å². The summed E-state index contributed by atoms with van der Waals surface area (Å²) in [6.07, 6.45) is 7.35. The van der Waals surface area contributed by atoms with Gasteiger partial charge in [-0.05, 0) is 63.0 Å². The standard InChI is InChI=1S/C25H30ClFN4O4/c1-14-22(27)21(19(26)13-29-14)24(32)31-20(25(33)34)8-10-35-18-11-15(12-18)4-6-17-7-5-16-3-2-9-28-23(16)30-17/h5,7,13,15,18,20H,2-4,6,8-12H2,1H3,(H,28,30)(H,31,32)(H,33,34). The number of hydrogen-bond donors (Lipinski definition) is 3. The summed E-state index contributed by atoms with van der Waals surface area (Å²) in [5, 5.41) is 15.0. The van der Waals surface area contributed by atoms with Crippen LogP contribution in [0.15, 0.2) is 18.3 Å². The molecule has 10 heteroatoms. The van der Waals surface area contributed by atoms with Gasteiger partial charge in [0.15, 0.2) is 5.82 Å². The topological polar surface area (TPSA) is 113 Å². The van der Waals surface area contributed by atoms with Crippen molar-refractivity contribution in [3.8, 4) is 0 Å². The van der Waals surface area contributed by atoms with Crippen LogP contribution in [0.1, 0.15) is 59.4 Å². The van der Waals surface area contributed by atoms with Crippen LogP contribution in [0.5, 0.6) is 0 Å². The van der Waals surface area contributed by atoms with Gasteiger partial charge >= 0.3 is 5.97 Å². The number of nitrogens with zero attached hydrogens (tertiary/aromatic N) is 2. The molecule has 0 radical (unpaired) electrons. The highest BCUT2D eigenvalue weighted by molar-refractivity contribution is 6.33. The third-order valence-electron chi connectivity index (χ3n) is 6.69. The van der Waals surface area contributed by atoms with Gasteiger partial charge in [0.25, 0.3) is 5.91 Å². The van der Waals surface area contributed by atoms with Crippen LogP contribution in [0, 0.1) is 18.7 Å². The number of pyridine rings is 2. The first-order valence-corrected chi connectivity index (χ1v) is 12.4. The van der Waals surface area contributed by atoms with Crippen LogP contribution >= 0.6 is 11.6 Å². The molecule has 2 aromatic heterocycles. The number of nitrogens with one attached hydrogen (secondary N) is 2. The Bertz CT molecular complexity index is 1090. The van der Waals surface area contributed by atoms with E-state index in [0.29, 0.717) is 5.92 Å². The molecular weight excluding hydrogens is 475 g/mol. The second-order valence-electron chi connectivity index (χ2n) is 9.24. The second kappa shape index (κ2) is 11.3. The van der Waals surface area contributed by atoms with Crippen molar-refractivity contribution in [2.75, 3.05) is 18.5 Å². The molecule has 0 aromatic carbocycles. The highest BCUT2D eigenvalue weighted by Gasteiger charge is 2.31. The van der Waals surface area contributed by atoms with Gasteiger partial charge < -0.3 is 20.5 Å². The summed E-state index contributed by atoms with van der Waals surface area (Å²) in [5.74, 6) is -1.39. The van der Waals surface area contributed by atoms with Crippen LogP contribution in [0.2, 0.25) is 5.02 Å². The molecule has 0 bridgehead atoms. The smallest absolute Gasteiger partial charge is 0.326 e. The Morgan fingerprint density at radius 3 is 2.94 bits per heavy atom. The van der Waals surface area contributed by atoms with Crippen molar-refractivity contribution in [1.82, 2.24) is 15.3 Å². The lowest BCUT2D eigenvalue weighted by molar-refractivity contribution is -0.140. The fourth-order valence-corrected chi connectivity index (χ4v) is 4.73. The molecule has 2 aromatic rings. The van der Waals surface area contributed by atoms with Crippen molar-refractivity contribution < 1.29 is 23.8 Å². The molecule has 1 amide bonds. The molecule has 1 unspecified atom stereocenters. The highest BCUT2D eigenvalue weighted by atomic mass is 35.5. The van der Waals surface area contributed by atoms with Crippen LogP contribution in [-0.4, -0.2) is 52.2 Å². The molecule has 0 saturated heterocycles. The summed E-state index contributed by atoms with van der Waals surface area (Å²) >= 11 is 5.90. The number of rotatable bonds is 10. The number of hydrogen-bond acceptors (Lipinski definition) is 6. The Labute approximate surface area is 208 Å². The van der Waals surface area contributed by atoms with E-state index in [0.717, 1.165) is 56.6 Å². The molecular formula is C25H30ClFN4O4. The van der Waals surface area contributed by atoms with Crippen molar-refractivity contribution in [1.29, 1.82) is 0 Å². The number of carbonyl (C=O) groups excluding carboxylic acids is 1. The molecule has 1 aliphatic carbocycles. The number of aryl methyl sites for hydroxylation is 3. The van der Waals surface area contributed by atoms with E-state index in [1.54, 1.807) is 0 Å².